The summed E-state index contributed by atoms with van der Waals surface area (Å²) in [5.41, 5.74) is 0.945. The molecule has 0 saturated heterocycles. The highest BCUT2D eigenvalue weighted by atomic mass is 16.6. The van der Waals surface area contributed by atoms with Crippen LogP contribution in [0.3, 0.4) is 0 Å². The number of carbonyl (C=O) groups is 2. The monoisotopic (exact) mass is 332 g/mol. The van der Waals surface area contributed by atoms with Crippen LogP contribution >= 0.6 is 0 Å². The highest BCUT2D eigenvalue weighted by molar-refractivity contribution is 5.90. The van der Waals surface area contributed by atoms with E-state index in [4.69, 9.17) is 9.47 Å². The Kier molecular flexibility index (Phi) is 6.41. The van der Waals surface area contributed by atoms with E-state index in [1.807, 2.05) is 19.1 Å². The minimum absolute atomic E-state index is 0.238. The summed E-state index contributed by atoms with van der Waals surface area (Å²) in [5, 5.41) is 0. The van der Waals surface area contributed by atoms with Gasteiger partial charge in [-0.15, -0.1) is 0 Å². The highest BCUT2D eigenvalue weighted by Crippen LogP contribution is 2.45. The first-order chi connectivity index (χ1) is 11.5. The van der Waals surface area contributed by atoms with Crippen LogP contribution in [-0.2, 0) is 14.3 Å². The van der Waals surface area contributed by atoms with E-state index < -0.39 is 11.5 Å². The van der Waals surface area contributed by atoms with Crippen molar-refractivity contribution in [3.63, 3.8) is 0 Å². The fraction of sp³-hybridized carbons (Fsp3) is 0.600. The van der Waals surface area contributed by atoms with Crippen LogP contribution in [0, 0.1) is 12.3 Å². The Hall–Kier alpha value is -1.84. The summed E-state index contributed by atoms with van der Waals surface area (Å²) in [6.07, 6.45) is 5.77. The largest absolute Gasteiger partial charge is 0.468 e. The summed E-state index contributed by atoms with van der Waals surface area (Å²) in [7, 11) is 1.42. The van der Waals surface area contributed by atoms with Crippen LogP contribution in [-0.4, -0.2) is 25.2 Å². The minimum atomic E-state index is -0.676. The zero-order valence-corrected chi connectivity index (χ0v) is 15.0. The van der Waals surface area contributed by atoms with Gasteiger partial charge in [-0.1, -0.05) is 43.9 Å². The number of unbranched alkanes of at least 4 members (excludes halogenated alkanes) is 2. The molecule has 1 aromatic carbocycles. The van der Waals surface area contributed by atoms with Gasteiger partial charge in [-0.25, -0.2) is 4.79 Å². The molecule has 2 rings (SSSR count). The molecular formula is C20H28O4. The smallest absolute Gasteiger partial charge is 0.338 e. The lowest BCUT2D eigenvalue weighted by Crippen LogP contribution is -2.42. The molecule has 1 fully saturated rings. The zero-order valence-electron chi connectivity index (χ0n) is 15.0. The van der Waals surface area contributed by atoms with Crippen LogP contribution in [0.4, 0.5) is 0 Å². The standard InChI is InChI=1S/C20H28O4/c1-4-5-6-13-20(19(22)23-3)14-7-8-17(20)24-18(21)16-11-9-15(2)10-12-16/h9-12,17H,4-8,13-14H2,1-3H3. The minimum Gasteiger partial charge on any atom is -0.468 e. The Labute approximate surface area is 144 Å². The summed E-state index contributed by atoms with van der Waals surface area (Å²) in [4.78, 5) is 25.0. The van der Waals surface area contributed by atoms with Gasteiger partial charge in [-0.3, -0.25) is 4.79 Å². The van der Waals surface area contributed by atoms with Crippen molar-refractivity contribution in [2.24, 2.45) is 5.41 Å². The molecule has 0 amide bonds. The molecular weight excluding hydrogens is 304 g/mol. The van der Waals surface area contributed by atoms with Gasteiger partial charge in [0.05, 0.1) is 12.7 Å². The van der Waals surface area contributed by atoms with Crippen molar-refractivity contribution in [3.8, 4) is 0 Å². The lowest BCUT2D eigenvalue weighted by Gasteiger charge is -2.32. The van der Waals surface area contributed by atoms with E-state index in [2.05, 4.69) is 6.92 Å². The van der Waals surface area contributed by atoms with E-state index in [0.29, 0.717) is 5.56 Å². The van der Waals surface area contributed by atoms with Crippen molar-refractivity contribution in [1.29, 1.82) is 0 Å². The maximum atomic E-state index is 12.5. The molecule has 0 bridgehead atoms. The summed E-state index contributed by atoms with van der Waals surface area (Å²) in [5.74, 6) is -0.594. The van der Waals surface area contributed by atoms with Gasteiger partial charge >= 0.3 is 11.9 Å². The van der Waals surface area contributed by atoms with E-state index in [9.17, 15) is 9.59 Å². The number of aryl methyl sites for hydroxylation is 1. The summed E-state index contributed by atoms with van der Waals surface area (Å²) in [6, 6.07) is 7.31. The van der Waals surface area contributed by atoms with E-state index in [0.717, 1.165) is 50.5 Å². The number of rotatable bonds is 7. The van der Waals surface area contributed by atoms with Crippen LogP contribution in [0.5, 0.6) is 0 Å². The van der Waals surface area contributed by atoms with Crippen LogP contribution in [0.1, 0.15) is 67.8 Å². The SMILES string of the molecule is CCCCCC1(C(=O)OC)CCCC1OC(=O)c1ccc(C)cc1. The maximum absolute atomic E-state index is 12.5. The number of methoxy groups -OCH3 is 1. The van der Waals surface area contributed by atoms with Gasteiger partial charge in [0, 0.05) is 0 Å². The Bertz CT molecular complexity index is 564. The third kappa shape index (κ3) is 3.97. The fourth-order valence-corrected chi connectivity index (χ4v) is 3.61. The number of hydrogen-bond donors (Lipinski definition) is 0. The summed E-state index contributed by atoms with van der Waals surface area (Å²) in [6.45, 7) is 4.11. The van der Waals surface area contributed by atoms with Gasteiger partial charge in [-0.2, -0.15) is 0 Å². The molecule has 1 aromatic rings. The molecule has 4 heteroatoms. The van der Waals surface area contributed by atoms with Gasteiger partial charge < -0.3 is 9.47 Å². The average Bonchev–Trinajstić information content (AvgIpc) is 2.98. The third-order valence-electron chi connectivity index (χ3n) is 5.06. The Morgan fingerprint density at radius 2 is 1.92 bits per heavy atom. The molecule has 0 aromatic heterocycles. The first kappa shape index (κ1) is 18.5. The summed E-state index contributed by atoms with van der Waals surface area (Å²) >= 11 is 0. The molecule has 1 aliphatic carbocycles. The highest BCUT2D eigenvalue weighted by Gasteiger charge is 2.51. The lowest BCUT2D eigenvalue weighted by atomic mass is 9.79. The Morgan fingerprint density at radius 1 is 1.21 bits per heavy atom. The molecule has 0 spiro atoms. The second-order valence-corrected chi connectivity index (χ2v) is 6.76. The van der Waals surface area contributed by atoms with Crippen molar-refractivity contribution in [3.05, 3.63) is 35.4 Å². The number of benzene rings is 1. The van der Waals surface area contributed by atoms with Crippen molar-refractivity contribution in [2.45, 2.75) is 64.9 Å². The van der Waals surface area contributed by atoms with Crippen LogP contribution in [0.25, 0.3) is 0 Å². The molecule has 1 saturated carbocycles. The first-order valence-corrected chi connectivity index (χ1v) is 8.89. The third-order valence-corrected chi connectivity index (χ3v) is 5.06. The van der Waals surface area contributed by atoms with Gasteiger partial charge in [0.15, 0.2) is 0 Å². The average molecular weight is 332 g/mol. The molecule has 1 aliphatic rings. The molecule has 0 N–H and O–H groups in total. The topological polar surface area (TPSA) is 52.6 Å². The molecule has 0 aliphatic heterocycles. The molecule has 24 heavy (non-hydrogen) atoms. The summed E-state index contributed by atoms with van der Waals surface area (Å²) < 4.78 is 10.8. The van der Waals surface area contributed by atoms with Gasteiger partial charge in [0.1, 0.15) is 11.5 Å². The molecule has 0 radical (unpaired) electrons. The predicted molar refractivity (Wildman–Crippen MR) is 92.8 cm³/mol. The quantitative estimate of drug-likeness (QED) is 0.547. The van der Waals surface area contributed by atoms with Crippen molar-refractivity contribution in [1.82, 2.24) is 0 Å². The van der Waals surface area contributed by atoms with Crippen molar-refractivity contribution < 1.29 is 19.1 Å². The molecule has 0 heterocycles. The van der Waals surface area contributed by atoms with Crippen LogP contribution < -0.4 is 0 Å². The maximum Gasteiger partial charge on any atom is 0.338 e. The van der Waals surface area contributed by atoms with Gasteiger partial charge in [0.2, 0.25) is 0 Å². The van der Waals surface area contributed by atoms with E-state index in [1.165, 1.54) is 7.11 Å². The van der Waals surface area contributed by atoms with E-state index >= 15 is 0 Å². The molecule has 4 nitrogen and oxygen atoms in total. The number of ether oxygens (including phenoxy) is 2. The van der Waals surface area contributed by atoms with Crippen LogP contribution in [0.2, 0.25) is 0 Å². The predicted octanol–water partition coefficient (Wildman–Crippen LogP) is 4.44. The molecule has 132 valence electrons. The molecule has 2 unspecified atom stereocenters. The van der Waals surface area contributed by atoms with Gasteiger partial charge in [-0.05, 0) is 44.7 Å². The van der Waals surface area contributed by atoms with Crippen molar-refractivity contribution >= 4 is 11.9 Å². The van der Waals surface area contributed by atoms with E-state index in [-0.39, 0.29) is 11.9 Å². The number of carbonyl (C=O) groups excluding carboxylic acids is 2. The fourth-order valence-electron chi connectivity index (χ4n) is 3.61. The van der Waals surface area contributed by atoms with Gasteiger partial charge in [0.25, 0.3) is 0 Å². The number of esters is 2. The molecule has 2 atom stereocenters. The van der Waals surface area contributed by atoms with Crippen LogP contribution in [0.15, 0.2) is 24.3 Å². The second kappa shape index (κ2) is 8.32. The van der Waals surface area contributed by atoms with Crippen molar-refractivity contribution in [2.75, 3.05) is 7.11 Å². The number of hydrogen-bond acceptors (Lipinski definition) is 4. The lowest BCUT2D eigenvalue weighted by molar-refractivity contribution is -0.159. The first-order valence-electron chi connectivity index (χ1n) is 8.89. The Balaban J connectivity index is 2.14. The zero-order chi connectivity index (χ0) is 17.6. The Morgan fingerprint density at radius 3 is 2.54 bits per heavy atom. The normalized spacial score (nSPS) is 23.0. The van der Waals surface area contributed by atoms with E-state index in [1.54, 1.807) is 12.1 Å². The second-order valence-electron chi connectivity index (χ2n) is 6.76.